The molecule has 0 unspecified atom stereocenters. The van der Waals surface area contributed by atoms with Crippen LogP contribution in [0.3, 0.4) is 0 Å². The van der Waals surface area contributed by atoms with E-state index in [0.717, 1.165) is 19.1 Å². The summed E-state index contributed by atoms with van der Waals surface area (Å²) in [6.45, 7) is 0. The summed E-state index contributed by atoms with van der Waals surface area (Å²) in [7, 11) is -2.22. The van der Waals surface area contributed by atoms with E-state index in [4.69, 9.17) is 20.9 Å². The highest BCUT2D eigenvalue weighted by molar-refractivity contribution is 7.90. The van der Waals surface area contributed by atoms with Gasteiger partial charge in [-0.15, -0.1) is 0 Å². The third-order valence-electron chi connectivity index (χ3n) is 3.70. The third kappa shape index (κ3) is 2.86. The number of methoxy groups -OCH3 is 1. The maximum Gasteiger partial charge on any atom is 0.199 e. The van der Waals surface area contributed by atoms with Crippen LogP contribution in [0.1, 0.15) is 40.4 Å². The molecule has 1 aliphatic rings. The Morgan fingerprint density at radius 2 is 2.04 bits per heavy atom. The largest absolute Gasteiger partial charge is 0.494 e. The molecule has 6 nitrogen and oxygen atoms in total. The number of ketones is 1. The van der Waals surface area contributed by atoms with E-state index in [9.17, 15) is 13.2 Å². The maximum absolute atomic E-state index is 12.7. The van der Waals surface area contributed by atoms with Crippen LogP contribution in [0.15, 0.2) is 27.7 Å². The molecule has 0 N–H and O–H groups in total. The number of carbonyl (C=O) groups excluding carboxylic acids is 1. The first-order chi connectivity index (χ1) is 10.8. The monoisotopic (exact) mass is 355 g/mol. The Bertz CT molecular complexity index is 883. The fourth-order valence-electron chi connectivity index (χ4n) is 2.40. The highest BCUT2D eigenvalue weighted by Gasteiger charge is 2.33. The number of benzene rings is 1. The van der Waals surface area contributed by atoms with E-state index in [-0.39, 0.29) is 32.9 Å². The van der Waals surface area contributed by atoms with Crippen molar-refractivity contribution >= 4 is 27.2 Å². The summed E-state index contributed by atoms with van der Waals surface area (Å²) in [5, 5.41) is 3.65. The number of halogens is 1. The van der Waals surface area contributed by atoms with Crippen LogP contribution >= 0.6 is 11.6 Å². The van der Waals surface area contributed by atoms with E-state index in [0.29, 0.717) is 11.3 Å². The van der Waals surface area contributed by atoms with Crippen molar-refractivity contribution < 1.29 is 22.5 Å². The molecule has 0 amide bonds. The zero-order valence-electron chi connectivity index (χ0n) is 12.5. The molecule has 1 heterocycles. The highest BCUT2D eigenvalue weighted by atomic mass is 35.5. The van der Waals surface area contributed by atoms with Gasteiger partial charge in [0.05, 0.1) is 23.9 Å². The van der Waals surface area contributed by atoms with E-state index in [1.54, 1.807) is 0 Å². The van der Waals surface area contributed by atoms with Gasteiger partial charge in [0, 0.05) is 17.7 Å². The minimum Gasteiger partial charge on any atom is -0.494 e. The van der Waals surface area contributed by atoms with Gasteiger partial charge in [-0.05, 0) is 25.0 Å². The summed E-state index contributed by atoms with van der Waals surface area (Å²) in [5.74, 6) is 0.366. The molecule has 1 saturated carbocycles. The van der Waals surface area contributed by atoms with Crippen molar-refractivity contribution in [2.45, 2.75) is 23.7 Å². The van der Waals surface area contributed by atoms with E-state index < -0.39 is 9.84 Å². The van der Waals surface area contributed by atoms with Gasteiger partial charge in [-0.1, -0.05) is 16.8 Å². The number of nitrogens with zero attached hydrogens (tertiary/aromatic N) is 1. The van der Waals surface area contributed by atoms with Gasteiger partial charge in [0.15, 0.2) is 27.1 Å². The number of sulfone groups is 1. The minimum atomic E-state index is -3.53. The second-order valence-corrected chi connectivity index (χ2v) is 7.80. The van der Waals surface area contributed by atoms with Gasteiger partial charge in [-0.3, -0.25) is 4.79 Å². The summed E-state index contributed by atoms with van der Waals surface area (Å²) in [5.41, 5.74) is 0.504. The van der Waals surface area contributed by atoms with Crippen LogP contribution in [0.5, 0.6) is 5.75 Å². The predicted octanol–water partition coefficient (Wildman–Crippen LogP) is 2.85. The Balaban J connectivity index is 2.10. The molecule has 0 aliphatic heterocycles. The van der Waals surface area contributed by atoms with Gasteiger partial charge >= 0.3 is 0 Å². The SMILES string of the molecule is COc1c(S(C)(=O)=O)ccc(C(=O)c2cnoc2C2CC2)c1Cl. The normalized spacial score (nSPS) is 14.7. The smallest absolute Gasteiger partial charge is 0.199 e. The first-order valence-corrected chi connectivity index (χ1v) is 9.17. The lowest BCUT2D eigenvalue weighted by atomic mass is 10.0. The van der Waals surface area contributed by atoms with Gasteiger partial charge < -0.3 is 9.26 Å². The van der Waals surface area contributed by atoms with E-state index in [1.165, 1.54) is 25.4 Å². The van der Waals surface area contributed by atoms with Crippen LogP contribution < -0.4 is 4.74 Å². The molecule has 0 spiro atoms. The predicted molar refractivity (Wildman–Crippen MR) is 83.0 cm³/mol. The average Bonchev–Trinajstić information content (AvgIpc) is 3.22. The molecule has 1 aromatic carbocycles. The van der Waals surface area contributed by atoms with Crippen LogP contribution in [-0.2, 0) is 9.84 Å². The molecule has 0 bridgehead atoms. The molecule has 3 rings (SSSR count). The van der Waals surface area contributed by atoms with Crippen LogP contribution in [-0.4, -0.2) is 32.7 Å². The van der Waals surface area contributed by atoms with Crippen molar-refractivity contribution in [2.24, 2.45) is 0 Å². The quantitative estimate of drug-likeness (QED) is 0.766. The fraction of sp³-hybridized carbons (Fsp3) is 0.333. The molecule has 0 atom stereocenters. The highest BCUT2D eigenvalue weighted by Crippen LogP contribution is 2.43. The van der Waals surface area contributed by atoms with E-state index in [1.807, 2.05) is 0 Å². The maximum atomic E-state index is 12.7. The van der Waals surface area contributed by atoms with Crippen molar-refractivity contribution in [3.63, 3.8) is 0 Å². The number of hydrogen-bond donors (Lipinski definition) is 0. The Kier molecular flexibility index (Phi) is 3.93. The molecular formula is C15H14ClNO5S. The Morgan fingerprint density at radius 3 is 2.61 bits per heavy atom. The molecule has 1 fully saturated rings. The first kappa shape index (κ1) is 16.0. The number of aromatic nitrogens is 1. The number of rotatable bonds is 5. The molecule has 8 heteroatoms. The standard InChI is InChI=1S/C15H14ClNO5S/c1-21-15-11(23(2,19)20)6-5-9(12(15)16)13(18)10-7-17-22-14(10)8-3-4-8/h5-8H,3-4H2,1-2H3. The van der Waals surface area contributed by atoms with Crippen molar-refractivity contribution in [3.8, 4) is 5.75 Å². The third-order valence-corrected chi connectivity index (χ3v) is 5.20. The lowest BCUT2D eigenvalue weighted by Gasteiger charge is -2.12. The van der Waals surface area contributed by atoms with Crippen LogP contribution in [0.2, 0.25) is 5.02 Å². The van der Waals surface area contributed by atoms with Gasteiger partial charge in [0.1, 0.15) is 4.90 Å². The zero-order valence-corrected chi connectivity index (χ0v) is 14.1. The molecule has 122 valence electrons. The topological polar surface area (TPSA) is 86.5 Å². The van der Waals surface area contributed by atoms with E-state index in [2.05, 4.69) is 5.16 Å². The van der Waals surface area contributed by atoms with Crippen LogP contribution in [0.25, 0.3) is 0 Å². The van der Waals surface area contributed by atoms with Crippen molar-refractivity contribution in [2.75, 3.05) is 13.4 Å². The van der Waals surface area contributed by atoms with Gasteiger partial charge in [0.2, 0.25) is 0 Å². The Morgan fingerprint density at radius 1 is 1.35 bits per heavy atom. The molecule has 1 aromatic heterocycles. The summed E-state index contributed by atoms with van der Waals surface area (Å²) in [6, 6.07) is 2.70. The summed E-state index contributed by atoms with van der Waals surface area (Å²) >= 11 is 6.22. The molecule has 23 heavy (non-hydrogen) atoms. The second kappa shape index (κ2) is 5.65. The molecule has 0 saturated heterocycles. The number of ether oxygens (including phenoxy) is 1. The lowest BCUT2D eigenvalue weighted by Crippen LogP contribution is -2.07. The summed E-state index contributed by atoms with van der Waals surface area (Å²) in [4.78, 5) is 12.7. The minimum absolute atomic E-state index is 0.0376. The summed E-state index contributed by atoms with van der Waals surface area (Å²) in [6.07, 6.45) is 4.33. The summed E-state index contributed by atoms with van der Waals surface area (Å²) < 4.78 is 33.8. The fourth-order valence-corrected chi connectivity index (χ4v) is 3.62. The molecule has 2 aromatic rings. The van der Waals surface area contributed by atoms with Gasteiger partial charge in [0.25, 0.3) is 0 Å². The lowest BCUT2D eigenvalue weighted by molar-refractivity contribution is 0.103. The van der Waals surface area contributed by atoms with Crippen molar-refractivity contribution in [3.05, 3.63) is 40.2 Å². The van der Waals surface area contributed by atoms with Crippen LogP contribution in [0, 0.1) is 0 Å². The Hall–Kier alpha value is -1.86. The number of carbonyl (C=O) groups is 1. The van der Waals surface area contributed by atoms with E-state index >= 15 is 0 Å². The van der Waals surface area contributed by atoms with Crippen molar-refractivity contribution in [1.29, 1.82) is 0 Å². The molecule has 0 radical (unpaired) electrons. The Labute approximate surface area is 138 Å². The number of hydrogen-bond acceptors (Lipinski definition) is 6. The first-order valence-electron chi connectivity index (χ1n) is 6.90. The van der Waals surface area contributed by atoms with Crippen LogP contribution in [0.4, 0.5) is 0 Å². The molecule has 1 aliphatic carbocycles. The zero-order chi connectivity index (χ0) is 16.8. The molecular weight excluding hydrogens is 342 g/mol. The average molecular weight is 356 g/mol. The van der Waals surface area contributed by atoms with Gasteiger partial charge in [-0.25, -0.2) is 8.42 Å². The second-order valence-electron chi connectivity index (χ2n) is 5.44. The van der Waals surface area contributed by atoms with Crippen molar-refractivity contribution in [1.82, 2.24) is 5.16 Å². The van der Waals surface area contributed by atoms with Gasteiger partial charge in [-0.2, -0.15) is 0 Å².